The summed E-state index contributed by atoms with van der Waals surface area (Å²) in [5.41, 5.74) is 7.44. The molecule has 0 saturated heterocycles. The number of carbonyl (C=O) groups is 1. The van der Waals surface area contributed by atoms with Crippen LogP contribution in [0.25, 0.3) is 16.6 Å². The zero-order chi connectivity index (χ0) is 18.4. The second-order valence-electron chi connectivity index (χ2n) is 7.01. The number of nitrogens with zero attached hydrogens (tertiary/aromatic N) is 2. The average Bonchev–Trinajstić information content (AvgIpc) is 3.24. The van der Waals surface area contributed by atoms with Crippen LogP contribution in [0.3, 0.4) is 0 Å². The number of rotatable bonds is 3. The van der Waals surface area contributed by atoms with Crippen LogP contribution in [0.5, 0.6) is 0 Å². The van der Waals surface area contributed by atoms with Crippen molar-refractivity contribution in [2.75, 3.05) is 0 Å². The van der Waals surface area contributed by atoms with Gasteiger partial charge in [0.05, 0.1) is 29.6 Å². The van der Waals surface area contributed by atoms with E-state index in [9.17, 15) is 4.79 Å². The standard InChI is InChI=1S/C22H20N4O.ClH/c1-14-19(25-13-24-14)11-23-22(27)18-12-26-20-8-3-2-5-15(20)9-10-16-6-4-7-17(18)21(16)26;/h2-8,12-13H,9-11H2,1H3,(H,23,27)(H,24,25);1H. The van der Waals surface area contributed by atoms with Gasteiger partial charge >= 0.3 is 0 Å². The van der Waals surface area contributed by atoms with E-state index in [-0.39, 0.29) is 18.3 Å². The first-order valence-corrected chi connectivity index (χ1v) is 9.20. The van der Waals surface area contributed by atoms with E-state index >= 15 is 0 Å². The van der Waals surface area contributed by atoms with Gasteiger partial charge in [-0.3, -0.25) is 4.79 Å². The first-order chi connectivity index (χ1) is 13.2. The Morgan fingerprint density at radius 1 is 1.14 bits per heavy atom. The van der Waals surface area contributed by atoms with Crippen LogP contribution in [0.2, 0.25) is 0 Å². The fourth-order valence-corrected chi connectivity index (χ4v) is 3.98. The number of amides is 1. The van der Waals surface area contributed by atoms with E-state index < -0.39 is 0 Å². The molecule has 1 amide bonds. The molecular formula is C22H21ClN4O. The maximum Gasteiger partial charge on any atom is 0.253 e. The van der Waals surface area contributed by atoms with E-state index in [1.54, 1.807) is 6.33 Å². The number of fused-ring (bicyclic) bond motifs is 2. The molecule has 1 aliphatic heterocycles. The minimum Gasteiger partial charge on any atom is -0.348 e. The molecule has 0 bridgehead atoms. The van der Waals surface area contributed by atoms with Crippen LogP contribution in [0.4, 0.5) is 0 Å². The quantitative estimate of drug-likeness (QED) is 0.551. The minimum absolute atomic E-state index is 0. The van der Waals surface area contributed by atoms with Crippen LogP contribution in [-0.4, -0.2) is 20.4 Å². The van der Waals surface area contributed by atoms with Crippen LogP contribution >= 0.6 is 12.4 Å². The molecule has 0 saturated carbocycles. The smallest absolute Gasteiger partial charge is 0.253 e. The van der Waals surface area contributed by atoms with Crippen LogP contribution in [0, 0.1) is 6.92 Å². The first kappa shape index (κ1) is 18.3. The second kappa shape index (κ2) is 7.17. The van der Waals surface area contributed by atoms with Crippen molar-refractivity contribution in [2.24, 2.45) is 0 Å². The Labute approximate surface area is 169 Å². The number of halogens is 1. The van der Waals surface area contributed by atoms with Gasteiger partial charge in [0.1, 0.15) is 0 Å². The third-order valence-corrected chi connectivity index (χ3v) is 5.42. The first-order valence-electron chi connectivity index (χ1n) is 9.20. The topological polar surface area (TPSA) is 62.7 Å². The number of imidazole rings is 1. The van der Waals surface area contributed by atoms with E-state index in [1.807, 2.05) is 25.3 Å². The van der Waals surface area contributed by atoms with Crippen molar-refractivity contribution in [2.45, 2.75) is 26.3 Å². The molecule has 28 heavy (non-hydrogen) atoms. The third kappa shape index (κ3) is 2.88. The van der Waals surface area contributed by atoms with Crippen molar-refractivity contribution in [1.82, 2.24) is 19.9 Å². The number of para-hydroxylation sites is 2. The van der Waals surface area contributed by atoms with Gasteiger partial charge in [0, 0.05) is 23.0 Å². The van der Waals surface area contributed by atoms with Crippen LogP contribution in [0.1, 0.15) is 32.9 Å². The summed E-state index contributed by atoms with van der Waals surface area (Å²) in [6.45, 7) is 2.37. The fourth-order valence-electron chi connectivity index (χ4n) is 3.98. The molecule has 0 radical (unpaired) electrons. The molecule has 0 atom stereocenters. The van der Waals surface area contributed by atoms with Crippen molar-refractivity contribution in [3.63, 3.8) is 0 Å². The highest BCUT2D eigenvalue weighted by Gasteiger charge is 2.21. The molecule has 0 spiro atoms. The highest BCUT2D eigenvalue weighted by molar-refractivity contribution is 6.08. The van der Waals surface area contributed by atoms with Crippen molar-refractivity contribution in [3.05, 3.63) is 83.1 Å². The SMILES string of the molecule is Cc1[nH]cnc1CNC(=O)c1cn2c3c(cccc13)CCc1ccccc1-2.Cl. The monoisotopic (exact) mass is 392 g/mol. The molecule has 0 fully saturated rings. The van der Waals surface area contributed by atoms with Gasteiger partial charge in [-0.25, -0.2) is 4.98 Å². The van der Waals surface area contributed by atoms with Gasteiger partial charge in [0.2, 0.25) is 0 Å². The molecule has 0 unspecified atom stereocenters. The fraction of sp³-hybridized carbons (Fsp3) is 0.182. The number of hydrogen-bond acceptors (Lipinski definition) is 2. The highest BCUT2D eigenvalue weighted by atomic mass is 35.5. The molecule has 3 heterocycles. The highest BCUT2D eigenvalue weighted by Crippen LogP contribution is 2.33. The van der Waals surface area contributed by atoms with Crippen molar-refractivity contribution in [3.8, 4) is 5.69 Å². The van der Waals surface area contributed by atoms with E-state index in [0.29, 0.717) is 12.1 Å². The Hall–Kier alpha value is -3.05. The zero-order valence-corrected chi connectivity index (χ0v) is 16.3. The molecule has 142 valence electrons. The Morgan fingerprint density at radius 3 is 2.75 bits per heavy atom. The lowest BCUT2D eigenvalue weighted by Gasteiger charge is -2.08. The number of carbonyl (C=O) groups excluding carboxylic acids is 1. The zero-order valence-electron chi connectivity index (χ0n) is 15.5. The van der Waals surface area contributed by atoms with Crippen LogP contribution in [-0.2, 0) is 19.4 Å². The predicted octanol–water partition coefficient (Wildman–Crippen LogP) is 4.11. The van der Waals surface area contributed by atoms with E-state index in [4.69, 9.17) is 0 Å². The molecule has 0 aliphatic carbocycles. The molecule has 1 aliphatic rings. The van der Waals surface area contributed by atoms with Crippen LogP contribution < -0.4 is 5.32 Å². The second-order valence-corrected chi connectivity index (χ2v) is 7.01. The van der Waals surface area contributed by atoms with Crippen molar-refractivity contribution >= 4 is 29.2 Å². The molecule has 4 aromatic rings. The van der Waals surface area contributed by atoms with Gasteiger partial charge in [-0.2, -0.15) is 0 Å². The molecular weight excluding hydrogens is 372 g/mol. The van der Waals surface area contributed by atoms with E-state index in [2.05, 4.69) is 50.2 Å². The average molecular weight is 393 g/mol. The third-order valence-electron chi connectivity index (χ3n) is 5.42. The Kier molecular flexibility index (Phi) is 4.69. The molecule has 2 N–H and O–H groups in total. The van der Waals surface area contributed by atoms with Gasteiger partial charge in [-0.15, -0.1) is 12.4 Å². The van der Waals surface area contributed by atoms with Crippen molar-refractivity contribution in [1.29, 1.82) is 0 Å². The van der Waals surface area contributed by atoms with Gasteiger partial charge in [0.15, 0.2) is 0 Å². The number of H-pyrrole nitrogens is 1. The summed E-state index contributed by atoms with van der Waals surface area (Å²) in [5, 5.41) is 4.02. The summed E-state index contributed by atoms with van der Waals surface area (Å²) in [6.07, 6.45) is 5.62. The van der Waals surface area contributed by atoms with Crippen LogP contribution in [0.15, 0.2) is 55.0 Å². The minimum atomic E-state index is -0.0728. The Morgan fingerprint density at radius 2 is 1.93 bits per heavy atom. The largest absolute Gasteiger partial charge is 0.348 e. The molecule has 5 nitrogen and oxygen atoms in total. The molecule has 5 rings (SSSR count). The molecule has 2 aromatic heterocycles. The normalized spacial score (nSPS) is 12.2. The lowest BCUT2D eigenvalue weighted by molar-refractivity contribution is 0.0952. The number of aromatic nitrogens is 3. The summed E-state index contributed by atoms with van der Waals surface area (Å²) in [6, 6.07) is 14.7. The molecule has 6 heteroatoms. The molecule has 2 aromatic carbocycles. The Balaban J connectivity index is 0.00000192. The van der Waals surface area contributed by atoms with Gasteiger partial charge in [-0.05, 0) is 37.0 Å². The number of aromatic amines is 1. The number of aryl methyl sites for hydroxylation is 3. The lowest BCUT2D eigenvalue weighted by atomic mass is 10.0. The van der Waals surface area contributed by atoms with E-state index in [1.165, 1.54) is 11.1 Å². The van der Waals surface area contributed by atoms with E-state index in [0.717, 1.165) is 40.8 Å². The van der Waals surface area contributed by atoms with Gasteiger partial charge < -0.3 is 14.9 Å². The number of nitrogens with one attached hydrogen (secondary N) is 2. The number of hydrogen-bond donors (Lipinski definition) is 2. The van der Waals surface area contributed by atoms with Crippen molar-refractivity contribution < 1.29 is 4.79 Å². The van der Waals surface area contributed by atoms with Gasteiger partial charge in [0.25, 0.3) is 5.91 Å². The summed E-state index contributed by atoms with van der Waals surface area (Å²) < 4.78 is 2.18. The predicted molar refractivity (Wildman–Crippen MR) is 112 cm³/mol. The lowest BCUT2D eigenvalue weighted by Crippen LogP contribution is -2.23. The summed E-state index contributed by atoms with van der Waals surface area (Å²) >= 11 is 0. The van der Waals surface area contributed by atoms with Gasteiger partial charge in [-0.1, -0.05) is 36.4 Å². The summed E-state index contributed by atoms with van der Waals surface area (Å²) in [7, 11) is 0. The maximum absolute atomic E-state index is 13.0. The maximum atomic E-state index is 13.0. The number of benzene rings is 2. The Bertz CT molecular complexity index is 1170. The summed E-state index contributed by atoms with van der Waals surface area (Å²) in [5.74, 6) is -0.0728. The summed E-state index contributed by atoms with van der Waals surface area (Å²) in [4.78, 5) is 20.3.